The third-order valence-electron chi connectivity index (χ3n) is 3.87. The van der Waals surface area contributed by atoms with Crippen molar-refractivity contribution in [2.45, 2.75) is 32.6 Å². The van der Waals surface area contributed by atoms with Crippen LogP contribution < -0.4 is 0 Å². The summed E-state index contributed by atoms with van der Waals surface area (Å²) in [5.74, 6) is -2.38. The number of carboxylic acids is 2. The van der Waals surface area contributed by atoms with E-state index in [9.17, 15) is 19.8 Å². The average molecular weight is 601 g/mol. The highest BCUT2D eigenvalue weighted by atomic mass is 28.3. The van der Waals surface area contributed by atoms with Crippen molar-refractivity contribution in [3.05, 3.63) is 70.3 Å². The fourth-order valence-electron chi connectivity index (χ4n) is 2.73. The highest BCUT2D eigenvalue weighted by Crippen LogP contribution is 2.24. The molecule has 37 heavy (non-hydrogen) atoms. The van der Waals surface area contributed by atoms with Gasteiger partial charge in [0.05, 0.1) is 11.1 Å². The molecule has 13 nitrogen and oxygen atoms in total. The van der Waals surface area contributed by atoms with Crippen LogP contribution in [0.25, 0.3) is 0 Å². The SMILES string of the molecule is CCCCc1c(Cc2ccccc2)ccc(C(=O)O)c1C(=O)O.O=[Si](O)O.O=[Si](O)O.O=[Si](O)O.[Al].[Al]. The molecule has 0 amide bonds. The van der Waals surface area contributed by atoms with E-state index in [-0.39, 0.29) is 45.8 Å². The molecule has 0 atom stereocenters. The summed E-state index contributed by atoms with van der Waals surface area (Å²) in [6.07, 6.45) is 2.91. The van der Waals surface area contributed by atoms with Crippen LogP contribution in [0, 0.1) is 0 Å². The third kappa shape index (κ3) is 22.2. The minimum atomic E-state index is -3.13. The van der Waals surface area contributed by atoms with Crippen LogP contribution in [-0.4, -0.2) is 113 Å². The van der Waals surface area contributed by atoms with E-state index < -0.39 is 39.4 Å². The van der Waals surface area contributed by atoms with E-state index in [1.807, 2.05) is 37.3 Å². The summed E-state index contributed by atoms with van der Waals surface area (Å²) in [5, 5.41) is 18.8. The molecule has 0 aliphatic heterocycles. The summed E-state index contributed by atoms with van der Waals surface area (Å²) < 4.78 is 26.2. The lowest BCUT2D eigenvalue weighted by molar-refractivity contribution is 0.0650. The molecule has 8 N–H and O–H groups in total. The summed E-state index contributed by atoms with van der Waals surface area (Å²) in [6, 6.07) is 12.9. The highest BCUT2D eigenvalue weighted by molar-refractivity contribution is 6.22. The van der Waals surface area contributed by atoms with Gasteiger partial charge in [-0.3, -0.25) is 13.4 Å². The van der Waals surface area contributed by atoms with Crippen LogP contribution in [0.1, 0.15) is 57.2 Å². The largest absolute Gasteiger partial charge is 0.761 e. The first kappa shape index (κ1) is 41.4. The van der Waals surface area contributed by atoms with Gasteiger partial charge >= 0.3 is 39.4 Å². The van der Waals surface area contributed by atoms with Crippen molar-refractivity contribution in [2.24, 2.45) is 0 Å². The maximum absolute atomic E-state index is 11.7. The predicted octanol–water partition coefficient (Wildman–Crippen LogP) is -1.59. The van der Waals surface area contributed by atoms with Crippen LogP contribution in [0.3, 0.4) is 0 Å². The zero-order valence-corrected chi connectivity index (χ0v) is 25.0. The lowest BCUT2D eigenvalue weighted by atomic mass is 9.89. The van der Waals surface area contributed by atoms with E-state index in [1.54, 1.807) is 6.07 Å². The van der Waals surface area contributed by atoms with Crippen molar-refractivity contribution >= 4 is 74.2 Å². The number of rotatable bonds is 7. The van der Waals surface area contributed by atoms with Gasteiger partial charge in [0.25, 0.3) is 0 Å². The van der Waals surface area contributed by atoms with Crippen LogP contribution in [0.15, 0.2) is 42.5 Å². The molecule has 0 aliphatic carbocycles. The second-order valence-electron chi connectivity index (χ2n) is 6.35. The molecular weight excluding hydrogens is 574 g/mol. The first-order valence-corrected chi connectivity index (χ1v) is 13.6. The van der Waals surface area contributed by atoms with E-state index in [0.29, 0.717) is 18.4 Å². The molecule has 0 bridgehead atoms. The van der Waals surface area contributed by atoms with Crippen molar-refractivity contribution in [1.29, 1.82) is 0 Å². The average Bonchev–Trinajstić information content (AvgIpc) is 2.71. The Morgan fingerprint density at radius 1 is 0.730 bits per heavy atom. The van der Waals surface area contributed by atoms with Gasteiger partial charge < -0.3 is 39.0 Å². The van der Waals surface area contributed by atoms with Gasteiger partial charge in [-0.25, -0.2) is 9.59 Å². The standard InChI is InChI=1S/C19H20O4.2Al.3H2O3Si/c1-2-3-9-15-14(12-13-7-5-4-6-8-13)10-11-16(18(20)21)17(15)19(22)23;;;3*1-4(2)3/h4-8,10-11H,2-3,9,12H2,1H3,(H,20,21)(H,22,23);;;3*1-2H. The zero-order chi connectivity index (χ0) is 27.6. The fraction of sp³-hybridized carbons (Fsp3) is 0.263. The van der Waals surface area contributed by atoms with Crippen molar-refractivity contribution in [2.75, 3.05) is 0 Å². The molecule has 2 rings (SSSR count). The number of aromatic carboxylic acids is 2. The predicted molar refractivity (Wildman–Crippen MR) is 132 cm³/mol. The van der Waals surface area contributed by atoms with Gasteiger partial charge in [-0.2, -0.15) is 0 Å². The summed E-state index contributed by atoms with van der Waals surface area (Å²) >= 11 is 0. The second kappa shape index (κ2) is 23.7. The first-order valence-electron chi connectivity index (χ1n) is 9.65. The monoisotopic (exact) mass is 600 g/mol. The molecule has 2 aromatic carbocycles. The van der Waals surface area contributed by atoms with Crippen LogP contribution in [0.4, 0.5) is 0 Å². The van der Waals surface area contributed by atoms with Crippen LogP contribution >= 0.6 is 0 Å². The van der Waals surface area contributed by atoms with Gasteiger partial charge in [0.15, 0.2) is 0 Å². The van der Waals surface area contributed by atoms with E-state index in [2.05, 4.69) is 0 Å². The molecule has 0 heterocycles. The maximum atomic E-state index is 11.7. The van der Waals surface area contributed by atoms with Gasteiger partial charge in [-0.15, -0.1) is 0 Å². The summed E-state index contributed by atoms with van der Waals surface area (Å²) in [5.41, 5.74) is 2.39. The number of carboxylic acid groups (broad SMARTS) is 2. The number of unbranched alkanes of at least 4 members (excludes halogenated alkanes) is 1. The van der Waals surface area contributed by atoms with Crippen LogP contribution in [-0.2, 0) is 26.2 Å². The molecular formula is C19H26Al2O13Si3. The molecule has 198 valence electrons. The zero-order valence-electron chi connectivity index (χ0n) is 19.6. The Balaban J connectivity index is -0.000000328. The highest BCUT2D eigenvalue weighted by Gasteiger charge is 2.22. The second-order valence-corrected chi connectivity index (χ2v) is 8.05. The third-order valence-corrected chi connectivity index (χ3v) is 3.87. The minimum Gasteiger partial charge on any atom is -0.511 e. The summed E-state index contributed by atoms with van der Waals surface area (Å²) in [7, 11) is -9.39. The van der Waals surface area contributed by atoms with Gasteiger partial charge in [-0.1, -0.05) is 49.7 Å². The maximum Gasteiger partial charge on any atom is 0.761 e. The van der Waals surface area contributed by atoms with E-state index in [0.717, 1.165) is 24.0 Å². The Hall–Kier alpha value is -2.70. The van der Waals surface area contributed by atoms with Crippen molar-refractivity contribution in [1.82, 2.24) is 0 Å². The smallest absolute Gasteiger partial charge is 0.511 e. The van der Waals surface area contributed by atoms with Crippen LogP contribution in [0.2, 0.25) is 0 Å². The quantitative estimate of drug-likeness (QED) is 0.167. The molecule has 18 heteroatoms. The molecule has 6 radical (unpaired) electrons. The Morgan fingerprint density at radius 2 is 1.16 bits per heavy atom. The van der Waals surface area contributed by atoms with Gasteiger partial charge in [0.1, 0.15) is 0 Å². The Bertz CT molecular complexity index is 968. The van der Waals surface area contributed by atoms with Gasteiger partial charge in [0.2, 0.25) is 0 Å². The number of benzene rings is 2. The molecule has 0 aromatic heterocycles. The Kier molecular flexibility index (Phi) is 26.5. The van der Waals surface area contributed by atoms with Gasteiger partial charge in [-0.05, 0) is 42.0 Å². The fourth-order valence-corrected chi connectivity index (χ4v) is 2.73. The molecule has 0 spiro atoms. The first-order chi connectivity index (χ1) is 16.2. The Labute approximate surface area is 238 Å². The van der Waals surface area contributed by atoms with E-state index in [1.165, 1.54) is 6.07 Å². The molecule has 0 fully saturated rings. The van der Waals surface area contributed by atoms with Crippen LogP contribution in [0.5, 0.6) is 0 Å². The van der Waals surface area contributed by atoms with Crippen molar-refractivity contribution in [3.8, 4) is 0 Å². The summed E-state index contributed by atoms with van der Waals surface area (Å²) in [6.45, 7) is 2.03. The molecule has 0 aliphatic rings. The molecule has 2 aromatic rings. The number of hydrogen-bond donors (Lipinski definition) is 8. The van der Waals surface area contributed by atoms with E-state index >= 15 is 0 Å². The topological polar surface area (TPSA) is 247 Å². The Morgan fingerprint density at radius 3 is 1.51 bits per heavy atom. The number of hydrogen-bond acceptors (Lipinski definition) is 5. The van der Waals surface area contributed by atoms with Crippen molar-refractivity contribution < 1.29 is 62.0 Å². The van der Waals surface area contributed by atoms with E-state index in [4.69, 9.17) is 42.2 Å². The van der Waals surface area contributed by atoms with Gasteiger partial charge in [0, 0.05) is 34.7 Å². The normalized spacial score (nSPS) is 8.46. The molecule has 0 saturated heterocycles. The van der Waals surface area contributed by atoms with Crippen molar-refractivity contribution in [3.63, 3.8) is 0 Å². The molecule has 0 saturated carbocycles. The lowest BCUT2D eigenvalue weighted by Crippen LogP contribution is -2.14. The summed E-state index contributed by atoms with van der Waals surface area (Å²) in [4.78, 5) is 66.0. The molecule has 0 unspecified atom stereocenters. The number of carbonyl (C=O) groups is 2. The minimum absolute atomic E-state index is 0. The lowest BCUT2D eigenvalue weighted by Gasteiger charge is -2.15.